The summed E-state index contributed by atoms with van der Waals surface area (Å²) in [6, 6.07) is 5.69. The van der Waals surface area contributed by atoms with Gasteiger partial charge in [-0.1, -0.05) is 6.07 Å². The molecule has 0 aliphatic rings. The number of fused-ring (bicyclic) bond motifs is 1. The molecule has 15 heavy (non-hydrogen) atoms. The van der Waals surface area contributed by atoms with Gasteiger partial charge in [0.15, 0.2) is 0 Å². The Bertz CT molecular complexity index is 504. The van der Waals surface area contributed by atoms with E-state index in [-0.39, 0.29) is 0 Å². The number of nitrogens with one attached hydrogen (secondary N) is 1. The summed E-state index contributed by atoms with van der Waals surface area (Å²) in [5, 5.41) is 5.97. The molecule has 0 saturated carbocycles. The van der Waals surface area contributed by atoms with Crippen LogP contribution in [0, 0.1) is 6.92 Å². The van der Waals surface area contributed by atoms with Crippen molar-refractivity contribution >= 4 is 27.5 Å². The number of hydrogen-bond donors (Lipinski definition) is 2. The predicted molar refractivity (Wildman–Crippen MR) is 63.0 cm³/mol. The van der Waals surface area contributed by atoms with Crippen LogP contribution in [-0.4, -0.2) is 6.03 Å². The van der Waals surface area contributed by atoms with Crippen molar-refractivity contribution in [1.82, 2.24) is 5.32 Å². The first-order valence-corrected chi connectivity index (χ1v) is 5.55. The van der Waals surface area contributed by atoms with E-state index >= 15 is 0 Å². The van der Waals surface area contributed by atoms with Crippen LogP contribution < -0.4 is 11.1 Å². The molecule has 0 aliphatic heterocycles. The van der Waals surface area contributed by atoms with Gasteiger partial charge in [-0.15, -0.1) is 11.3 Å². The van der Waals surface area contributed by atoms with E-state index in [1.54, 1.807) is 11.3 Å². The number of amides is 2. The fourth-order valence-corrected chi connectivity index (χ4v) is 2.43. The van der Waals surface area contributed by atoms with E-state index in [0.717, 1.165) is 5.56 Å². The SMILES string of the molecule is Cc1csc2ccc(CNC(N)=O)cc12. The Morgan fingerprint density at radius 1 is 1.53 bits per heavy atom. The summed E-state index contributed by atoms with van der Waals surface area (Å²) < 4.78 is 1.27. The first kappa shape index (κ1) is 9.98. The molecule has 0 saturated heterocycles. The van der Waals surface area contributed by atoms with Gasteiger partial charge < -0.3 is 11.1 Å². The molecule has 1 heterocycles. The molecule has 3 N–H and O–H groups in total. The number of carbonyl (C=O) groups excluding carboxylic acids is 1. The number of thiophene rings is 1. The van der Waals surface area contributed by atoms with Crippen molar-refractivity contribution in [3.8, 4) is 0 Å². The van der Waals surface area contributed by atoms with E-state index in [2.05, 4.69) is 29.8 Å². The monoisotopic (exact) mass is 220 g/mol. The summed E-state index contributed by atoms with van der Waals surface area (Å²) in [5.41, 5.74) is 7.36. The first-order valence-electron chi connectivity index (χ1n) is 4.67. The Morgan fingerprint density at radius 3 is 3.07 bits per heavy atom. The second-order valence-electron chi connectivity index (χ2n) is 3.47. The minimum absolute atomic E-state index is 0.487. The quantitative estimate of drug-likeness (QED) is 0.802. The van der Waals surface area contributed by atoms with Crippen LogP contribution in [0.15, 0.2) is 23.6 Å². The lowest BCUT2D eigenvalue weighted by Gasteiger charge is -2.02. The van der Waals surface area contributed by atoms with E-state index in [9.17, 15) is 4.79 Å². The molecule has 1 aromatic heterocycles. The van der Waals surface area contributed by atoms with Crippen LogP contribution in [0.3, 0.4) is 0 Å². The van der Waals surface area contributed by atoms with Gasteiger partial charge in [-0.05, 0) is 40.9 Å². The van der Waals surface area contributed by atoms with Crippen molar-refractivity contribution in [2.45, 2.75) is 13.5 Å². The van der Waals surface area contributed by atoms with Crippen LogP contribution >= 0.6 is 11.3 Å². The van der Waals surface area contributed by atoms with Crippen LogP contribution in [0.5, 0.6) is 0 Å². The number of nitrogens with two attached hydrogens (primary N) is 1. The second kappa shape index (κ2) is 3.90. The van der Waals surface area contributed by atoms with Crippen molar-refractivity contribution in [2.24, 2.45) is 5.73 Å². The molecular weight excluding hydrogens is 208 g/mol. The molecule has 0 unspecified atom stereocenters. The van der Waals surface area contributed by atoms with E-state index in [1.165, 1.54) is 15.6 Å². The van der Waals surface area contributed by atoms with Crippen molar-refractivity contribution < 1.29 is 4.79 Å². The van der Waals surface area contributed by atoms with Crippen LogP contribution in [0.25, 0.3) is 10.1 Å². The number of primary amides is 1. The average molecular weight is 220 g/mol. The number of hydrogen-bond acceptors (Lipinski definition) is 2. The van der Waals surface area contributed by atoms with Crippen LogP contribution in [-0.2, 0) is 6.54 Å². The summed E-state index contributed by atoms with van der Waals surface area (Å²) in [4.78, 5) is 10.6. The molecule has 3 nitrogen and oxygen atoms in total. The highest BCUT2D eigenvalue weighted by Crippen LogP contribution is 2.26. The molecule has 0 aliphatic carbocycles. The third kappa shape index (κ3) is 2.10. The summed E-state index contributed by atoms with van der Waals surface area (Å²) in [5.74, 6) is 0. The number of carbonyl (C=O) groups is 1. The van der Waals surface area contributed by atoms with Crippen molar-refractivity contribution in [2.75, 3.05) is 0 Å². The minimum atomic E-state index is -0.489. The molecule has 0 bridgehead atoms. The normalized spacial score (nSPS) is 10.5. The molecule has 1 aromatic carbocycles. The number of benzene rings is 1. The fourth-order valence-electron chi connectivity index (χ4n) is 1.50. The Morgan fingerprint density at radius 2 is 2.33 bits per heavy atom. The Hall–Kier alpha value is -1.55. The zero-order valence-corrected chi connectivity index (χ0v) is 9.23. The zero-order chi connectivity index (χ0) is 10.8. The summed E-state index contributed by atoms with van der Waals surface area (Å²) in [6.07, 6.45) is 0. The van der Waals surface area contributed by atoms with Gasteiger partial charge in [-0.3, -0.25) is 0 Å². The largest absolute Gasteiger partial charge is 0.352 e. The highest BCUT2D eigenvalue weighted by molar-refractivity contribution is 7.17. The van der Waals surface area contributed by atoms with E-state index in [1.807, 2.05) is 6.07 Å². The van der Waals surface area contributed by atoms with Gasteiger partial charge in [-0.2, -0.15) is 0 Å². The van der Waals surface area contributed by atoms with Gasteiger partial charge in [0.2, 0.25) is 0 Å². The summed E-state index contributed by atoms with van der Waals surface area (Å²) >= 11 is 1.73. The molecule has 2 aromatic rings. The lowest BCUT2D eigenvalue weighted by Crippen LogP contribution is -2.28. The predicted octanol–water partition coefficient (Wildman–Crippen LogP) is 2.38. The minimum Gasteiger partial charge on any atom is -0.352 e. The lowest BCUT2D eigenvalue weighted by atomic mass is 10.1. The lowest BCUT2D eigenvalue weighted by molar-refractivity contribution is 0.248. The number of urea groups is 1. The third-order valence-corrected chi connectivity index (χ3v) is 3.38. The van der Waals surface area contributed by atoms with Crippen molar-refractivity contribution in [1.29, 1.82) is 0 Å². The van der Waals surface area contributed by atoms with Gasteiger partial charge >= 0.3 is 6.03 Å². The zero-order valence-electron chi connectivity index (χ0n) is 8.41. The van der Waals surface area contributed by atoms with Crippen LogP contribution in [0.4, 0.5) is 4.79 Å². The van der Waals surface area contributed by atoms with E-state index < -0.39 is 6.03 Å². The average Bonchev–Trinajstić information content (AvgIpc) is 2.57. The van der Waals surface area contributed by atoms with Gasteiger partial charge in [0, 0.05) is 11.2 Å². The molecule has 0 fully saturated rings. The van der Waals surface area contributed by atoms with Gasteiger partial charge in [0.1, 0.15) is 0 Å². The Balaban J connectivity index is 2.29. The first-order chi connectivity index (χ1) is 7.16. The third-order valence-electron chi connectivity index (χ3n) is 2.30. The molecule has 0 spiro atoms. The maximum atomic E-state index is 10.6. The molecular formula is C11H12N2OS. The topological polar surface area (TPSA) is 55.1 Å². The van der Waals surface area contributed by atoms with Crippen LogP contribution in [0.1, 0.15) is 11.1 Å². The summed E-state index contributed by atoms with van der Waals surface area (Å²) in [6.45, 7) is 2.57. The molecule has 2 rings (SSSR count). The smallest absolute Gasteiger partial charge is 0.312 e. The van der Waals surface area contributed by atoms with Crippen molar-refractivity contribution in [3.05, 3.63) is 34.7 Å². The molecule has 2 amide bonds. The van der Waals surface area contributed by atoms with Gasteiger partial charge in [-0.25, -0.2) is 4.79 Å². The molecule has 0 atom stereocenters. The highest BCUT2D eigenvalue weighted by atomic mass is 32.1. The highest BCUT2D eigenvalue weighted by Gasteiger charge is 2.01. The van der Waals surface area contributed by atoms with Crippen molar-refractivity contribution in [3.63, 3.8) is 0 Å². The second-order valence-corrected chi connectivity index (χ2v) is 4.38. The summed E-state index contributed by atoms with van der Waals surface area (Å²) in [7, 11) is 0. The fraction of sp³-hybridized carbons (Fsp3) is 0.182. The standard InChI is InChI=1S/C11H12N2OS/c1-7-6-15-10-3-2-8(4-9(7)10)5-13-11(12)14/h2-4,6H,5H2,1H3,(H3,12,13,14). The van der Waals surface area contributed by atoms with Gasteiger partial charge in [0.25, 0.3) is 0 Å². The van der Waals surface area contributed by atoms with E-state index in [0.29, 0.717) is 6.54 Å². The number of aryl methyl sites for hydroxylation is 1. The van der Waals surface area contributed by atoms with Crippen LogP contribution in [0.2, 0.25) is 0 Å². The molecule has 0 radical (unpaired) electrons. The maximum Gasteiger partial charge on any atom is 0.312 e. The van der Waals surface area contributed by atoms with E-state index in [4.69, 9.17) is 5.73 Å². The molecule has 78 valence electrons. The maximum absolute atomic E-state index is 10.6. The Kier molecular flexibility index (Phi) is 2.60. The van der Waals surface area contributed by atoms with Gasteiger partial charge in [0.05, 0.1) is 0 Å². The number of rotatable bonds is 2. The Labute approximate surface area is 91.9 Å². The molecule has 4 heteroatoms.